The third-order valence-corrected chi connectivity index (χ3v) is 3.26. The van der Waals surface area contributed by atoms with Crippen molar-refractivity contribution in [2.24, 2.45) is 5.41 Å². The van der Waals surface area contributed by atoms with Gasteiger partial charge in [-0.05, 0) is 31.7 Å². The van der Waals surface area contributed by atoms with Gasteiger partial charge in [-0.1, -0.05) is 12.8 Å². The van der Waals surface area contributed by atoms with Crippen LogP contribution in [0.5, 0.6) is 0 Å². The smallest absolute Gasteiger partial charge is 0.372 e. The van der Waals surface area contributed by atoms with Crippen molar-refractivity contribution in [3.8, 4) is 0 Å². The van der Waals surface area contributed by atoms with Gasteiger partial charge in [-0.15, -0.1) is 0 Å². The SMILES string of the molecule is CNCC1(CCOCC(F)(F)F)CCCC1. The van der Waals surface area contributed by atoms with Crippen LogP contribution >= 0.6 is 0 Å². The minimum atomic E-state index is -4.20. The van der Waals surface area contributed by atoms with E-state index in [0.29, 0.717) is 0 Å². The Hall–Kier alpha value is -0.290. The Bertz CT molecular complexity index is 200. The van der Waals surface area contributed by atoms with Crippen LogP contribution in [0.4, 0.5) is 13.2 Å². The van der Waals surface area contributed by atoms with Gasteiger partial charge >= 0.3 is 6.18 Å². The molecule has 1 saturated carbocycles. The highest BCUT2D eigenvalue weighted by atomic mass is 19.4. The second kappa shape index (κ2) is 5.87. The predicted octanol–water partition coefficient (Wildman–Crippen LogP) is 2.74. The van der Waals surface area contributed by atoms with Crippen LogP contribution in [0.15, 0.2) is 0 Å². The molecule has 96 valence electrons. The fourth-order valence-electron chi connectivity index (χ4n) is 2.49. The number of nitrogens with one attached hydrogen (secondary N) is 1. The van der Waals surface area contributed by atoms with E-state index in [-0.39, 0.29) is 12.0 Å². The zero-order valence-electron chi connectivity index (χ0n) is 9.70. The molecule has 0 saturated heterocycles. The molecular formula is C11H20F3NO. The van der Waals surface area contributed by atoms with Crippen molar-refractivity contribution in [1.29, 1.82) is 0 Å². The Balaban J connectivity index is 2.23. The summed E-state index contributed by atoms with van der Waals surface area (Å²) in [5, 5.41) is 3.13. The maximum atomic E-state index is 11.9. The topological polar surface area (TPSA) is 21.3 Å². The third kappa shape index (κ3) is 4.70. The van der Waals surface area contributed by atoms with Crippen LogP contribution in [-0.2, 0) is 4.74 Å². The van der Waals surface area contributed by atoms with E-state index in [9.17, 15) is 13.2 Å². The van der Waals surface area contributed by atoms with E-state index in [1.807, 2.05) is 7.05 Å². The molecule has 1 fully saturated rings. The average molecular weight is 239 g/mol. The molecule has 0 aromatic heterocycles. The lowest BCUT2D eigenvalue weighted by Crippen LogP contribution is -2.31. The summed E-state index contributed by atoms with van der Waals surface area (Å²) in [5.41, 5.74) is 0.167. The monoisotopic (exact) mass is 239 g/mol. The molecule has 16 heavy (non-hydrogen) atoms. The maximum Gasteiger partial charge on any atom is 0.411 e. The molecule has 0 unspecified atom stereocenters. The van der Waals surface area contributed by atoms with Gasteiger partial charge in [0.2, 0.25) is 0 Å². The Labute approximate surface area is 94.5 Å². The molecule has 1 aliphatic carbocycles. The highest BCUT2D eigenvalue weighted by molar-refractivity contribution is 4.86. The molecule has 5 heteroatoms. The highest BCUT2D eigenvalue weighted by Crippen LogP contribution is 2.40. The molecule has 1 N–H and O–H groups in total. The summed E-state index contributed by atoms with van der Waals surface area (Å²) in [4.78, 5) is 0. The standard InChI is InChI=1S/C11H20F3NO/c1-15-8-10(4-2-3-5-10)6-7-16-9-11(12,13)14/h15H,2-9H2,1H3. The van der Waals surface area contributed by atoms with Crippen LogP contribution in [0.25, 0.3) is 0 Å². The lowest BCUT2D eigenvalue weighted by molar-refractivity contribution is -0.175. The third-order valence-electron chi connectivity index (χ3n) is 3.26. The molecule has 1 aliphatic rings. The van der Waals surface area contributed by atoms with Crippen molar-refractivity contribution >= 4 is 0 Å². The van der Waals surface area contributed by atoms with Crippen LogP contribution in [0.1, 0.15) is 32.1 Å². The van der Waals surface area contributed by atoms with Crippen molar-refractivity contribution < 1.29 is 17.9 Å². The van der Waals surface area contributed by atoms with E-state index in [2.05, 4.69) is 10.1 Å². The van der Waals surface area contributed by atoms with Gasteiger partial charge in [0, 0.05) is 13.2 Å². The minimum absolute atomic E-state index is 0.167. The Kier molecular flexibility index (Phi) is 5.05. The van der Waals surface area contributed by atoms with E-state index in [0.717, 1.165) is 25.8 Å². The molecular weight excluding hydrogens is 219 g/mol. The Morgan fingerprint density at radius 2 is 1.88 bits per heavy atom. The van der Waals surface area contributed by atoms with Crippen LogP contribution in [0.2, 0.25) is 0 Å². The summed E-state index contributed by atoms with van der Waals surface area (Å²) in [6.45, 7) is -0.0355. The molecule has 1 rings (SSSR count). The van der Waals surface area contributed by atoms with Crippen molar-refractivity contribution in [2.75, 3.05) is 26.8 Å². The summed E-state index contributed by atoms with van der Waals surface area (Å²) < 4.78 is 40.3. The first kappa shape index (κ1) is 13.8. The number of rotatable bonds is 6. The average Bonchev–Trinajstić information content (AvgIpc) is 2.61. The second-order valence-electron chi connectivity index (χ2n) is 4.66. The van der Waals surface area contributed by atoms with E-state index >= 15 is 0 Å². The van der Waals surface area contributed by atoms with Crippen molar-refractivity contribution in [2.45, 2.75) is 38.3 Å². The van der Waals surface area contributed by atoms with E-state index in [1.54, 1.807) is 0 Å². The number of hydrogen-bond donors (Lipinski definition) is 1. The fourth-order valence-corrected chi connectivity index (χ4v) is 2.49. The molecule has 0 bridgehead atoms. The summed E-state index contributed by atoms with van der Waals surface area (Å²) >= 11 is 0. The first-order valence-corrected chi connectivity index (χ1v) is 5.77. The molecule has 0 radical (unpaired) electrons. The summed E-state index contributed by atoms with van der Waals surface area (Å²) in [6.07, 6.45) is 1.09. The molecule has 0 spiro atoms. The van der Waals surface area contributed by atoms with Crippen LogP contribution < -0.4 is 5.32 Å². The lowest BCUT2D eigenvalue weighted by atomic mass is 9.83. The lowest BCUT2D eigenvalue weighted by Gasteiger charge is -2.28. The van der Waals surface area contributed by atoms with Gasteiger partial charge in [-0.2, -0.15) is 13.2 Å². The summed E-state index contributed by atoms with van der Waals surface area (Å²) in [6, 6.07) is 0. The van der Waals surface area contributed by atoms with E-state index < -0.39 is 12.8 Å². The van der Waals surface area contributed by atoms with Gasteiger partial charge in [-0.25, -0.2) is 0 Å². The number of ether oxygens (including phenoxy) is 1. The van der Waals surface area contributed by atoms with Gasteiger partial charge in [-0.3, -0.25) is 0 Å². The normalized spacial score (nSPS) is 20.2. The Morgan fingerprint density at radius 1 is 1.25 bits per heavy atom. The first-order chi connectivity index (χ1) is 7.47. The van der Waals surface area contributed by atoms with E-state index in [4.69, 9.17) is 0 Å². The minimum Gasteiger partial charge on any atom is -0.372 e. The molecule has 0 aliphatic heterocycles. The molecule has 0 aromatic carbocycles. The van der Waals surface area contributed by atoms with Gasteiger partial charge in [0.15, 0.2) is 0 Å². The van der Waals surface area contributed by atoms with Crippen molar-refractivity contribution in [1.82, 2.24) is 5.32 Å². The molecule has 0 aromatic rings. The maximum absolute atomic E-state index is 11.9. The molecule has 0 heterocycles. The first-order valence-electron chi connectivity index (χ1n) is 5.77. The van der Waals surface area contributed by atoms with Crippen LogP contribution in [-0.4, -0.2) is 33.0 Å². The summed E-state index contributed by atoms with van der Waals surface area (Å²) in [7, 11) is 1.89. The van der Waals surface area contributed by atoms with Gasteiger partial charge in [0.25, 0.3) is 0 Å². The molecule has 0 amide bonds. The largest absolute Gasteiger partial charge is 0.411 e. The Morgan fingerprint density at radius 3 is 2.38 bits per heavy atom. The van der Waals surface area contributed by atoms with Gasteiger partial charge < -0.3 is 10.1 Å². The molecule has 0 atom stereocenters. The zero-order chi connectivity index (χ0) is 12.1. The highest BCUT2D eigenvalue weighted by Gasteiger charge is 2.33. The zero-order valence-corrected chi connectivity index (χ0v) is 9.70. The van der Waals surface area contributed by atoms with Gasteiger partial charge in [0.1, 0.15) is 6.61 Å². The van der Waals surface area contributed by atoms with E-state index in [1.165, 1.54) is 12.8 Å². The second-order valence-corrected chi connectivity index (χ2v) is 4.66. The van der Waals surface area contributed by atoms with Gasteiger partial charge in [0.05, 0.1) is 0 Å². The van der Waals surface area contributed by atoms with Crippen molar-refractivity contribution in [3.05, 3.63) is 0 Å². The van der Waals surface area contributed by atoms with Crippen LogP contribution in [0.3, 0.4) is 0 Å². The summed E-state index contributed by atoms with van der Waals surface area (Å²) in [5.74, 6) is 0. The quantitative estimate of drug-likeness (QED) is 0.720. The van der Waals surface area contributed by atoms with Crippen LogP contribution in [0, 0.1) is 5.41 Å². The number of halogens is 3. The number of hydrogen-bond acceptors (Lipinski definition) is 2. The predicted molar refractivity (Wildman–Crippen MR) is 56.3 cm³/mol. The van der Waals surface area contributed by atoms with Crippen molar-refractivity contribution in [3.63, 3.8) is 0 Å². The fraction of sp³-hybridized carbons (Fsp3) is 1.00. The molecule has 2 nitrogen and oxygen atoms in total. The number of alkyl halides is 3.